The first-order chi connectivity index (χ1) is 7.90. The van der Waals surface area contributed by atoms with E-state index in [1.807, 2.05) is 13.8 Å². The third-order valence-corrected chi connectivity index (χ3v) is 3.87. The predicted molar refractivity (Wildman–Crippen MR) is 65.4 cm³/mol. The van der Waals surface area contributed by atoms with Crippen LogP contribution in [0.2, 0.25) is 0 Å². The number of aliphatic hydroxyl groups excluding tert-OH is 1. The van der Waals surface area contributed by atoms with E-state index in [0.717, 1.165) is 0 Å². The van der Waals surface area contributed by atoms with Crippen LogP contribution < -0.4 is 0 Å². The molecule has 0 atom stereocenters. The van der Waals surface area contributed by atoms with Gasteiger partial charge in [-0.3, -0.25) is 0 Å². The van der Waals surface area contributed by atoms with E-state index in [-0.39, 0.29) is 44.8 Å². The third kappa shape index (κ3) is 8.50. The van der Waals surface area contributed by atoms with E-state index in [1.165, 1.54) is 11.4 Å². The van der Waals surface area contributed by atoms with Gasteiger partial charge in [0.15, 0.2) is 0 Å². The lowest BCUT2D eigenvalue weighted by Gasteiger charge is -2.17. The molecule has 7 heteroatoms. The Bertz CT molecular complexity index is 278. The molecule has 0 saturated heterocycles. The van der Waals surface area contributed by atoms with Crippen LogP contribution in [-0.2, 0) is 19.5 Å². The van der Waals surface area contributed by atoms with Crippen LogP contribution in [-0.4, -0.2) is 69.7 Å². The van der Waals surface area contributed by atoms with Gasteiger partial charge in [-0.05, 0) is 13.8 Å². The second-order valence-corrected chi connectivity index (χ2v) is 6.09. The van der Waals surface area contributed by atoms with Crippen molar-refractivity contribution in [2.24, 2.45) is 0 Å². The van der Waals surface area contributed by atoms with E-state index >= 15 is 0 Å². The molecule has 0 saturated carbocycles. The summed E-state index contributed by atoms with van der Waals surface area (Å²) in [5.41, 5.74) is 0. The summed E-state index contributed by atoms with van der Waals surface area (Å²) in [6, 6.07) is 0. The Morgan fingerprint density at radius 3 is 2.41 bits per heavy atom. The van der Waals surface area contributed by atoms with Gasteiger partial charge in [0.2, 0.25) is 10.0 Å². The molecule has 0 amide bonds. The zero-order valence-electron chi connectivity index (χ0n) is 10.8. The molecule has 0 aromatic rings. The number of hydrogen-bond acceptors (Lipinski definition) is 5. The van der Waals surface area contributed by atoms with Crippen molar-refractivity contribution in [1.29, 1.82) is 0 Å². The highest BCUT2D eigenvalue weighted by Gasteiger charge is 2.17. The van der Waals surface area contributed by atoms with Gasteiger partial charge in [0.05, 0.1) is 38.3 Å². The van der Waals surface area contributed by atoms with Crippen LogP contribution in [0.25, 0.3) is 0 Å². The number of nitrogens with zero attached hydrogens (tertiary/aromatic N) is 1. The summed E-state index contributed by atoms with van der Waals surface area (Å²) in [5, 5.41) is 8.49. The summed E-state index contributed by atoms with van der Waals surface area (Å²) in [4.78, 5) is 0. The van der Waals surface area contributed by atoms with Gasteiger partial charge in [-0.25, -0.2) is 12.7 Å². The Labute approximate surface area is 104 Å². The number of rotatable bonds is 10. The van der Waals surface area contributed by atoms with Crippen molar-refractivity contribution < 1.29 is 23.0 Å². The minimum atomic E-state index is -3.28. The molecule has 1 N–H and O–H groups in total. The standard InChI is InChI=1S/C10H23NO5S/c1-10(2)16-8-9-17(13,14)11(3)4-6-15-7-5-12/h10,12H,4-9H2,1-3H3. The molecule has 0 aliphatic rings. The molecule has 0 aliphatic heterocycles. The van der Waals surface area contributed by atoms with Crippen LogP contribution in [0.1, 0.15) is 13.8 Å². The molecule has 6 nitrogen and oxygen atoms in total. The van der Waals surface area contributed by atoms with Crippen LogP contribution in [0.4, 0.5) is 0 Å². The van der Waals surface area contributed by atoms with Gasteiger partial charge >= 0.3 is 0 Å². The van der Waals surface area contributed by atoms with E-state index in [2.05, 4.69) is 0 Å². The molecule has 104 valence electrons. The summed E-state index contributed by atoms with van der Waals surface area (Å²) < 4.78 is 34.9. The average molecular weight is 269 g/mol. The third-order valence-electron chi connectivity index (χ3n) is 2.05. The quantitative estimate of drug-likeness (QED) is 0.550. The molecule has 17 heavy (non-hydrogen) atoms. The summed E-state index contributed by atoms with van der Waals surface area (Å²) in [7, 11) is -1.77. The molecule has 0 rings (SSSR count). The summed E-state index contributed by atoms with van der Waals surface area (Å²) >= 11 is 0. The van der Waals surface area contributed by atoms with Crippen molar-refractivity contribution in [2.75, 3.05) is 45.8 Å². The fourth-order valence-corrected chi connectivity index (χ4v) is 2.01. The Kier molecular flexibility index (Phi) is 8.71. The average Bonchev–Trinajstić information content (AvgIpc) is 2.23. The van der Waals surface area contributed by atoms with Crippen molar-refractivity contribution in [1.82, 2.24) is 4.31 Å². The van der Waals surface area contributed by atoms with Gasteiger partial charge < -0.3 is 14.6 Å². The summed E-state index contributed by atoms with van der Waals surface area (Å²) in [6.45, 7) is 4.65. The minimum absolute atomic E-state index is 0.0261. The second kappa shape index (κ2) is 8.82. The van der Waals surface area contributed by atoms with Crippen LogP contribution in [0, 0.1) is 0 Å². The highest BCUT2D eigenvalue weighted by molar-refractivity contribution is 7.89. The van der Waals surface area contributed by atoms with E-state index in [1.54, 1.807) is 0 Å². The molecule has 0 fully saturated rings. The monoisotopic (exact) mass is 269 g/mol. The normalized spacial score (nSPS) is 12.6. The van der Waals surface area contributed by atoms with Gasteiger partial charge in [0, 0.05) is 13.6 Å². The van der Waals surface area contributed by atoms with Crippen molar-refractivity contribution in [3.63, 3.8) is 0 Å². The van der Waals surface area contributed by atoms with E-state index in [4.69, 9.17) is 14.6 Å². The maximum atomic E-state index is 11.7. The molecule has 0 spiro atoms. The first kappa shape index (κ1) is 16.8. The number of aliphatic hydroxyl groups is 1. The van der Waals surface area contributed by atoms with Crippen LogP contribution in [0.3, 0.4) is 0 Å². The maximum Gasteiger partial charge on any atom is 0.216 e. The van der Waals surface area contributed by atoms with E-state index in [0.29, 0.717) is 0 Å². The first-order valence-corrected chi connectivity index (χ1v) is 7.25. The van der Waals surface area contributed by atoms with E-state index in [9.17, 15) is 8.42 Å². The molecule has 0 aromatic carbocycles. The smallest absolute Gasteiger partial charge is 0.216 e. The number of sulfonamides is 1. The lowest BCUT2D eigenvalue weighted by atomic mass is 10.5. The van der Waals surface area contributed by atoms with E-state index < -0.39 is 10.0 Å². The summed E-state index contributed by atoms with van der Waals surface area (Å²) in [5.74, 6) is -0.0261. The lowest BCUT2D eigenvalue weighted by Crippen LogP contribution is -2.34. The zero-order valence-corrected chi connectivity index (χ0v) is 11.6. The van der Waals surface area contributed by atoms with Crippen molar-refractivity contribution in [3.05, 3.63) is 0 Å². The van der Waals surface area contributed by atoms with Crippen molar-refractivity contribution in [3.8, 4) is 0 Å². The SMILES string of the molecule is CC(C)OCCS(=O)(=O)N(C)CCOCCO. The Morgan fingerprint density at radius 2 is 1.88 bits per heavy atom. The second-order valence-electron chi connectivity index (χ2n) is 3.89. The van der Waals surface area contributed by atoms with Gasteiger partial charge in [0.25, 0.3) is 0 Å². The predicted octanol–water partition coefficient (Wildman–Crippen LogP) is -0.318. The van der Waals surface area contributed by atoms with Gasteiger partial charge in [-0.1, -0.05) is 0 Å². The Balaban J connectivity index is 3.86. The molecule has 0 bridgehead atoms. The molecule has 0 unspecified atom stereocenters. The fourth-order valence-electron chi connectivity index (χ4n) is 1.04. The van der Waals surface area contributed by atoms with Gasteiger partial charge in [-0.2, -0.15) is 0 Å². The zero-order chi connectivity index (χ0) is 13.3. The van der Waals surface area contributed by atoms with Gasteiger partial charge in [-0.15, -0.1) is 0 Å². The molecule has 0 aliphatic carbocycles. The molecular weight excluding hydrogens is 246 g/mol. The molecule has 0 radical (unpaired) electrons. The van der Waals surface area contributed by atoms with Crippen LogP contribution in [0.15, 0.2) is 0 Å². The minimum Gasteiger partial charge on any atom is -0.394 e. The number of hydrogen-bond donors (Lipinski definition) is 1. The topological polar surface area (TPSA) is 76.1 Å². The highest BCUT2D eigenvalue weighted by Crippen LogP contribution is 1.99. The molecule has 0 aromatic heterocycles. The van der Waals surface area contributed by atoms with Crippen molar-refractivity contribution >= 4 is 10.0 Å². The highest BCUT2D eigenvalue weighted by atomic mass is 32.2. The lowest BCUT2D eigenvalue weighted by molar-refractivity contribution is 0.0854. The summed E-state index contributed by atoms with van der Waals surface area (Å²) in [6.07, 6.45) is 0.0309. The molecule has 0 heterocycles. The maximum absolute atomic E-state index is 11.7. The number of ether oxygens (including phenoxy) is 2. The molecular formula is C10H23NO5S. The Morgan fingerprint density at radius 1 is 1.24 bits per heavy atom. The van der Waals surface area contributed by atoms with Crippen LogP contribution in [0.5, 0.6) is 0 Å². The van der Waals surface area contributed by atoms with Crippen molar-refractivity contribution in [2.45, 2.75) is 20.0 Å². The largest absolute Gasteiger partial charge is 0.394 e. The van der Waals surface area contributed by atoms with Crippen LogP contribution >= 0.6 is 0 Å². The fraction of sp³-hybridized carbons (Fsp3) is 1.00. The first-order valence-electron chi connectivity index (χ1n) is 5.64. The Hall–Kier alpha value is -0.210. The van der Waals surface area contributed by atoms with Gasteiger partial charge in [0.1, 0.15) is 0 Å². The number of likely N-dealkylation sites (N-methyl/N-ethyl adjacent to an activating group) is 1.